The fourth-order valence-electron chi connectivity index (χ4n) is 0.923. The second kappa shape index (κ2) is 13.7. The summed E-state index contributed by atoms with van der Waals surface area (Å²) in [5.41, 5.74) is 13.8. The van der Waals surface area contributed by atoms with Crippen molar-refractivity contribution in [1.29, 1.82) is 0 Å². The van der Waals surface area contributed by atoms with Gasteiger partial charge in [-0.25, -0.2) is 10.9 Å². The van der Waals surface area contributed by atoms with E-state index in [-0.39, 0.29) is 6.61 Å². The maximum Gasteiger partial charge on any atom is 0.0570 e. The van der Waals surface area contributed by atoms with E-state index in [4.69, 9.17) is 10.8 Å². The molecule has 0 heterocycles. The SMILES string of the molecule is NCCNCCNCCNNNCCO. The van der Waals surface area contributed by atoms with Crippen molar-refractivity contribution in [3.05, 3.63) is 0 Å². The Morgan fingerprint density at radius 1 is 0.800 bits per heavy atom. The van der Waals surface area contributed by atoms with Crippen LogP contribution in [0.25, 0.3) is 0 Å². The molecule has 0 aliphatic rings. The van der Waals surface area contributed by atoms with Crippen LogP contribution in [0, 0.1) is 0 Å². The van der Waals surface area contributed by atoms with E-state index in [9.17, 15) is 0 Å². The van der Waals surface area contributed by atoms with Crippen LogP contribution in [0.4, 0.5) is 0 Å². The molecule has 0 aliphatic carbocycles. The van der Waals surface area contributed by atoms with Crippen LogP contribution in [-0.4, -0.2) is 57.5 Å². The van der Waals surface area contributed by atoms with Gasteiger partial charge in [0.1, 0.15) is 0 Å². The van der Waals surface area contributed by atoms with Crippen LogP contribution in [0.2, 0.25) is 0 Å². The predicted molar refractivity (Wildman–Crippen MR) is 61.0 cm³/mol. The highest BCUT2D eigenvalue weighted by molar-refractivity contribution is 4.53. The first kappa shape index (κ1) is 14.7. The van der Waals surface area contributed by atoms with Crippen molar-refractivity contribution in [2.75, 3.05) is 52.4 Å². The molecule has 0 spiro atoms. The molecule has 8 N–H and O–H groups in total. The van der Waals surface area contributed by atoms with E-state index in [1.54, 1.807) is 0 Å². The molecule has 0 aliphatic heterocycles. The summed E-state index contributed by atoms with van der Waals surface area (Å²) < 4.78 is 0. The number of hydrogen-bond donors (Lipinski definition) is 7. The minimum atomic E-state index is 0.125. The van der Waals surface area contributed by atoms with Gasteiger partial charge in [0.05, 0.1) is 6.61 Å². The summed E-state index contributed by atoms with van der Waals surface area (Å²) in [4.78, 5) is 0. The molecule has 0 saturated heterocycles. The quantitative estimate of drug-likeness (QED) is 0.137. The zero-order valence-corrected chi connectivity index (χ0v) is 9.18. The number of nitrogens with two attached hydrogens (primary N) is 1. The molecule has 0 rings (SSSR count). The van der Waals surface area contributed by atoms with Crippen LogP contribution < -0.4 is 32.8 Å². The Bertz CT molecular complexity index is 103. The smallest absolute Gasteiger partial charge is 0.0570 e. The Labute approximate surface area is 91.1 Å². The van der Waals surface area contributed by atoms with E-state index >= 15 is 0 Å². The minimum Gasteiger partial charge on any atom is -0.395 e. The number of rotatable bonds is 12. The molecule has 0 aromatic rings. The fraction of sp³-hybridized carbons (Fsp3) is 1.00. The Hall–Kier alpha value is -0.280. The number of aliphatic hydroxyl groups is 1. The van der Waals surface area contributed by atoms with Gasteiger partial charge in [-0.2, -0.15) is 5.53 Å². The predicted octanol–water partition coefficient (Wildman–Crippen LogP) is -3.28. The van der Waals surface area contributed by atoms with E-state index < -0.39 is 0 Å². The zero-order valence-electron chi connectivity index (χ0n) is 9.18. The van der Waals surface area contributed by atoms with Crippen LogP contribution in [-0.2, 0) is 0 Å². The summed E-state index contributed by atoms with van der Waals surface area (Å²) in [5.74, 6) is 0. The Kier molecular flexibility index (Phi) is 13.5. The lowest BCUT2D eigenvalue weighted by Gasteiger charge is -2.08. The topological polar surface area (TPSA) is 106 Å². The maximum absolute atomic E-state index is 8.45. The monoisotopic (exact) mass is 220 g/mol. The van der Waals surface area contributed by atoms with Crippen LogP contribution in [0.1, 0.15) is 0 Å². The third-order valence-electron chi connectivity index (χ3n) is 1.64. The van der Waals surface area contributed by atoms with Gasteiger partial charge in [-0.05, 0) is 0 Å². The van der Waals surface area contributed by atoms with Crippen molar-refractivity contribution in [3.63, 3.8) is 0 Å². The van der Waals surface area contributed by atoms with Gasteiger partial charge in [0.15, 0.2) is 0 Å². The van der Waals surface area contributed by atoms with Crippen LogP contribution in [0.5, 0.6) is 0 Å². The largest absolute Gasteiger partial charge is 0.395 e. The highest BCUT2D eigenvalue weighted by Gasteiger charge is 1.87. The first-order chi connectivity index (χ1) is 7.41. The van der Waals surface area contributed by atoms with E-state index in [0.29, 0.717) is 13.1 Å². The van der Waals surface area contributed by atoms with Crippen molar-refractivity contribution in [2.45, 2.75) is 0 Å². The molecule has 7 heteroatoms. The van der Waals surface area contributed by atoms with Gasteiger partial charge < -0.3 is 21.5 Å². The van der Waals surface area contributed by atoms with E-state index in [2.05, 4.69) is 27.0 Å². The number of aliphatic hydroxyl groups excluding tert-OH is 1. The van der Waals surface area contributed by atoms with Crippen molar-refractivity contribution in [2.24, 2.45) is 5.73 Å². The standard InChI is InChI=1S/C8H24N6O/c9-1-2-10-3-4-11-5-6-12-14-13-7-8-15/h10-15H,1-9H2. The van der Waals surface area contributed by atoms with Gasteiger partial charge in [-0.15, -0.1) is 0 Å². The molecule has 0 radical (unpaired) electrons. The van der Waals surface area contributed by atoms with Crippen molar-refractivity contribution >= 4 is 0 Å². The highest BCUT2D eigenvalue weighted by atomic mass is 16.3. The number of hydrazine groups is 2. The summed E-state index contributed by atoms with van der Waals surface area (Å²) in [6, 6.07) is 0. The Morgan fingerprint density at radius 3 is 2.07 bits per heavy atom. The summed E-state index contributed by atoms with van der Waals surface area (Å²) >= 11 is 0. The Balaban J connectivity index is 2.81. The lowest BCUT2D eigenvalue weighted by Crippen LogP contribution is -2.47. The van der Waals surface area contributed by atoms with Crippen molar-refractivity contribution in [3.8, 4) is 0 Å². The van der Waals surface area contributed by atoms with E-state index in [1.807, 2.05) is 0 Å². The lowest BCUT2D eigenvalue weighted by atomic mass is 10.5. The third-order valence-corrected chi connectivity index (χ3v) is 1.64. The summed E-state index contributed by atoms with van der Waals surface area (Å²) in [5, 5.41) is 14.9. The molecule has 0 amide bonds. The van der Waals surface area contributed by atoms with Crippen LogP contribution in [0.15, 0.2) is 0 Å². The van der Waals surface area contributed by atoms with Crippen molar-refractivity contribution in [1.82, 2.24) is 27.0 Å². The molecule has 15 heavy (non-hydrogen) atoms. The molecule has 0 unspecified atom stereocenters. The van der Waals surface area contributed by atoms with Crippen LogP contribution >= 0.6 is 0 Å². The van der Waals surface area contributed by atoms with Crippen LogP contribution in [0.3, 0.4) is 0 Å². The molecule has 0 bridgehead atoms. The molecule has 7 nitrogen and oxygen atoms in total. The molecular weight excluding hydrogens is 196 g/mol. The zero-order chi connectivity index (χ0) is 11.2. The summed E-state index contributed by atoms with van der Waals surface area (Å²) in [7, 11) is 0. The molecule has 0 fully saturated rings. The minimum absolute atomic E-state index is 0.125. The van der Waals surface area contributed by atoms with E-state index in [0.717, 1.165) is 32.7 Å². The average molecular weight is 220 g/mol. The van der Waals surface area contributed by atoms with Gasteiger partial charge in [-0.3, -0.25) is 0 Å². The Morgan fingerprint density at radius 2 is 1.40 bits per heavy atom. The molecule has 0 saturated carbocycles. The van der Waals surface area contributed by atoms with Gasteiger partial charge in [0.2, 0.25) is 0 Å². The normalized spacial score (nSPS) is 10.8. The second-order valence-corrected chi connectivity index (χ2v) is 2.99. The van der Waals surface area contributed by atoms with Gasteiger partial charge in [0, 0.05) is 45.8 Å². The summed E-state index contributed by atoms with van der Waals surface area (Å²) in [6.07, 6.45) is 0. The highest BCUT2D eigenvalue weighted by Crippen LogP contribution is 1.59. The average Bonchev–Trinajstić information content (AvgIpc) is 2.26. The van der Waals surface area contributed by atoms with E-state index in [1.165, 1.54) is 0 Å². The molecule has 0 aromatic heterocycles. The first-order valence-electron chi connectivity index (χ1n) is 5.35. The van der Waals surface area contributed by atoms with Gasteiger partial charge in [-0.1, -0.05) is 0 Å². The number of hydrogen-bond acceptors (Lipinski definition) is 7. The number of nitrogens with one attached hydrogen (secondary N) is 5. The van der Waals surface area contributed by atoms with Gasteiger partial charge in [0.25, 0.3) is 0 Å². The lowest BCUT2D eigenvalue weighted by molar-refractivity contribution is 0.275. The fourth-order valence-corrected chi connectivity index (χ4v) is 0.923. The molecule has 92 valence electrons. The van der Waals surface area contributed by atoms with Gasteiger partial charge >= 0.3 is 0 Å². The molecule has 0 aromatic carbocycles. The van der Waals surface area contributed by atoms with Crippen molar-refractivity contribution < 1.29 is 5.11 Å². The molecular formula is C8H24N6O. The molecule has 0 atom stereocenters. The second-order valence-electron chi connectivity index (χ2n) is 2.99. The summed E-state index contributed by atoms with van der Waals surface area (Å²) in [6.45, 7) is 5.78. The maximum atomic E-state index is 8.45. The third kappa shape index (κ3) is 13.7. The first-order valence-corrected chi connectivity index (χ1v) is 5.35.